The number of carbonyl (C=O) groups is 1. The van der Waals surface area contributed by atoms with Crippen molar-refractivity contribution in [1.29, 1.82) is 0 Å². The highest BCUT2D eigenvalue weighted by atomic mass is 16.5. The second-order valence-corrected chi connectivity index (χ2v) is 6.81. The van der Waals surface area contributed by atoms with Gasteiger partial charge < -0.3 is 19.2 Å². The molecule has 0 aliphatic carbocycles. The summed E-state index contributed by atoms with van der Waals surface area (Å²) >= 11 is 0. The SMILES string of the molecule is CCOc1cccc2cc(C(C)NC(=O)C3COc4ccccc4C3)oc12. The van der Waals surface area contributed by atoms with Crippen LogP contribution in [0.2, 0.25) is 0 Å². The maximum atomic E-state index is 12.7. The van der Waals surface area contributed by atoms with E-state index in [-0.39, 0.29) is 17.9 Å². The molecule has 0 saturated heterocycles. The van der Waals surface area contributed by atoms with Gasteiger partial charge in [0.1, 0.15) is 18.1 Å². The molecule has 1 aliphatic rings. The fourth-order valence-electron chi connectivity index (χ4n) is 3.44. The number of benzene rings is 2. The second kappa shape index (κ2) is 7.35. The molecule has 0 radical (unpaired) electrons. The Balaban J connectivity index is 1.47. The number of furan rings is 1. The Labute approximate surface area is 158 Å². The summed E-state index contributed by atoms with van der Waals surface area (Å²) in [6, 6.07) is 15.4. The number of nitrogens with one attached hydrogen (secondary N) is 1. The van der Waals surface area contributed by atoms with Crippen molar-refractivity contribution in [2.75, 3.05) is 13.2 Å². The van der Waals surface area contributed by atoms with Crippen LogP contribution in [0.5, 0.6) is 11.5 Å². The molecule has 4 rings (SSSR count). The third kappa shape index (κ3) is 3.50. The molecule has 0 bridgehead atoms. The summed E-state index contributed by atoms with van der Waals surface area (Å²) in [5.74, 6) is 2.07. The fourth-order valence-corrected chi connectivity index (χ4v) is 3.44. The molecule has 2 aromatic carbocycles. The molecule has 1 aliphatic heterocycles. The van der Waals surface area contributed by atoms with Crippen LogP contribution in [0.3, 0.4) is 0 Å². The first-order chi connectivity index (χ1) is 13.2. The maximum Gasteiger partial charge on any atom is 0.227 e. The molecule has 2 unspecified atom stereocenters. The van der Waals surface area contributed by atoms with Crippen molar-refractivity contribution in [1.82, 2.24) is 5.32 Å². The molecular weight excluding hydrogens is 342 g/mol. The highest BCUT2D eigenvalue weighted by Gasteiger charge is 2.27. The lowest BCUT2D eigenvalue weighted by atomic mass is 9.96. The third-order valence-corrected chi connectivity index (χ3v) is 4.86. The van der Waals surface area contributed by atoms with Gasteiger partial charge >= 0.3 is 0 Å². The van der Waals surface area contributed by atoms with Crippen LogP contribution < -0.4 is 14.8 Å². The lowest BCUT2D eigenvalue weighted by molar-refractivity contribution is -0.127. The number of hydrogen-bond acceptors (Lipinski definition) is 4. The third-order valence-electron chi connectivity index (χ3n) is 4.86. The standard InChI is InChI=1S/C22H23NO4/c1-3-25-19-10-6-8-16-12-20(27-21(16)19)14(2)23-22(24)17-11-15-7-4-5-9-18(15)26-13-17/h4-10,12,14,17H,3,11,13H2,1-2H3,(H,23,24). The van der Waals surface area contributed by atoms with Gasteiger partial charge in [-0.1, -0.05) is 30.3 Å². The summed E-state index contributed by atoms with van der Waals surface area (Å²) < 4.78 is 17.3. The first-order valence-electron chi connectivity index (χ1n) is 9.32. The predicted octanol–water partition coefficient (Wildman–Crippen LogP) is 4.26. The van der Waals surface area contributed by atoms with Crippen molar-refractivity contribution in [3.63, 3.8) is 0 Å². The predicted molar refractivity (Wildman–Crippen MR) is 103 cm³/mol. The van der Waals surface area contributed by atoms with Gasteiger partial charge in [0.25, 0.3) is 0 Å². The number of carbonyl (C=O) groups excluding carboxylic acids is 1. The largest absolute Gasteiger partial charge is 0.492 e. The molecule has 0 fully saturated rings. The minimum absolute atomic E-state index is 0.0255. The lowest BCUT2D eigenvalue weighted by Crippen LogP contribution is -2.38. The van der Waals surface area contributed by atoms with E-state index in [4.69, 9.17) is 13.9 Å². The summed E-state index contributed by atoms with van der Waals surface area (Å²) in [7, 11) is 0. The number of rotatable bonds is 5. The van der Waals surface area contributed by atoms with Crippen molar-refractivity contribution in [3.8, 4) is 11.5 Å². The summed E-state index contributed by atoms with van der Waals surface area (Å²) in [6.07, 6.45) is 0.684. The second-order valence-electron chi connectivity index (χ2n) is 6.81. The van der Waals surface area contributed by atoms with E-state index in [1.807, 2.05) is 62.4 Å². The Morgan fingerprint density at radius 2 is 2.11 bits per heavy atom. The monoisotopic (exact) mass is 365 g/mol. The van der Waals surface area contributed by atoms with E-state index in [2.05, 4.69) is 5.32 Å². The van der Waals surface area contributed by atoms with E-state index in [9.17, 15) is 4.79 Å². The van der Waals surface area contributed by atoms with Crippen molar-refractivity contribution >= 4 is 16.9 Å². The summed E-state index contributed by atoms with van der Waals surface area (Å²) in [4.78, 5) is 12.7. The van der Waals surface area contributed by atoms with Crippen LogP contribution in [0, 0.1) is 5.92 Å². The highest BCUT2D eigenvalue weighted by molar-refractivity contribution is 5.84. The average molecular weight is 365 g/mol. The van der Waals surface area contributed by atoms with Gasteiger partial charge in [-0.2, -0.15) is 0 Å². The fraction of sp³-hybridized carbons (Fsp3) is 0.318. The van der Waals surface area contributed by atoms with E-state index >= 15 is 0 Å². The van der Waals surface area contributed by atoms with Crippen molar-refractivity contribution in [2.24, 2.45) is 5.92 Å². The Morgan fingerprint density at radius 3 is 2.96 bits per heavy atom. The average Bonchev–Trinajstić information content (AvgIpc) is 3.13. The van der Waals surface area contributed by atoms with Gasteiger partial charge in [-0.25, -0.2) is 0 Å². The molecule has 0 spiro atoms. The molecule has 3 aromatic rings. The van der Waals surface area contributed by atoms with Gasteiger partial charge in [-0.15, -0.1) is 0 Å². The van der Waals surface area contributed by atoms with Crippen LogP contribution in [0.15, 0.2) is 52.9 Å². The first-order valence-corrected chi connectivity index (χ1v) is 9.32. The molecule has 140 valence electrons. The Hall–Kier alpha value is -2.95. The van der Waals surface area contributed by atoms with Gasteiger partial charge in [-0.05, 0) is 44.0 Å². The summed E-state index contributed by atoms with van der Waals surface area (Å²) in [5.41, 5.74) is 1.78. The van der Waals surface area contributed by atoms with Crippen molar-refractivity contribution in [3.05, 3.63) is 59.9 Å². The van der Waals surface area contributed by atoms with Crippen LogP contribution in [-0.4, -0.2) is 19.1 Å². The summed E-state index contributed by atoms with van der Waals surface area (Å²) in [5, 5.41) is 4.02. The molecule has 2 heterocycles. The number of ether oxygens (including phenoxy) is 2. The molecule has 27 heavy (non-hydrogen) atoms. The molecular formula is C22H23NO4. The minimum atomic E-state index is -0.239. The van der Waals surface area contributed by atoms with Gasteiger partial charge in [0.2, 0.25) is 5.91 Å². The van der Waals surface area contributed by atoms with Crippen LogP contribution in [0.1, 0.15) is 31.2 Å². The summed E-state index contributed by atoms with van der Waals surface area (Å²) in [6.45, 7) is 4.83. The van der Waals surface area contributed by atoms with Crippen molar-refractivity contribution in [2.45, 2.75) is 26.3 Å². The zero-order chi connectivity index (χ0) is 18.8. The number of hydrogen-bond donors (Lipinski definition) is 1. The van der Waals surface area contributed by atoms with Gasteiger partial charge in [0, 0.05) is 5.39 Å². The lowest BCUT2D eigenvalue weighted by Gasteiger charge is -2.25. The maximum absolute atomic E-state index is 12.7. The smallest absolute Gasteiger partial charge is 0.227 e. The van der Waals surface area contributed by atoms with Crippen LogP contribution in [0.25, 0.3) is 11.0 Å². The normalized spacial score (nSPS) is 17.0. The Bertz CT molecular complexity index is 962. The molecule has 5 heteroatoms. The van der Waals surface area contributed by atoms with Crippen LogP contribution in [0.4, 0.5) is 0 Å². The molecule has 0 saturated carbocycles. The zero-order valence-electron chi connectivity index (χ0n) is 15.5. The van der Waals surface area contributed by atoms with E-state index < -0.39 is 0 Å². The van der Waals surface area contributed by atoms with Gasteiger partial charge in [0.15, 0.2) is 11.3 Å². The van der Waals surface area contributed by atoms with Crippen LogP contribution >= 0.6 is 0 Å². The molecule has 1 aromatic heterocycles. The Kier molecular flexibility index (Phi) is 4.75. The molecule has 5 nitrogen and oxygen atoms in total. The zero-order valence-corrected chi connectivity index (χ0v) is 15.5. The molecule has 1 N–H and O–H groups in total. The van der Waals surface area contributed by atoms with E-state index in [1.165, 1.54) is 0 Å². The van der Waals surface area contributed by atoms with E-state index in [0.29, 0.717) is 31.0 Å². The number of para-hydroxylation sites is 2. The van der Waals surface area contributed by atoms with Crippen LogP contribution in [-0.2, 0) is 11.2 Å². The molecule has 2 atom stereocenters. The Morgan fingerprint density at radius 1 is 1.26 bits per heavy atom. The van der Waals surface area contributed by atoms with Crippen molar-refractivity contribution < 1.29 is 18.7 Å². The van der Waals surface area contributed by atoms with E-state index in [0.717, 1.165) is 22.4 Å². The minimum Gasteiger partial charge on any atom is -0.492 e. The highest BCUT2D eigenvalue weighted by Crippen LogP contribution is 2.32. The van der Waals surface area contributed by atoms with Gasteiger partial charge in [0.05, 0.1) is 18.6 Å². The number of amides is 1. The van der Waals surface area contributed by atoms with Gasteiger partial charge in [-0.3, -0.25) is 4.79 Å². The quantitative estimate of drug-likeness (QED) is 0.734. The first kappa shape index (κ1) is 17.5. The van der Waals surface area contributed by atoms with E-state index in [1.54, 1.807) is 0 Å². The molecule has 1 amide bonds. The number of fused-ring (bicyclic) bond motifs is 2. The topological polar surface area (TPSA) is 60.7 Å².